The molecule has 1 aromatic rings. The van der Waals surface area contributed by atoms with Gasteiger partial charge in [0.25, 0.3) is 0 Å². The van der Waals surface area contributed by atoms with Crippen LogP contribution >= 0.6 is 0 Å². The Morgan fingerprint density at radius 3 is 2.21 bits per heavy atom. The summed E-state index contributed by atoms with van der Waals surface area (Å²) in [5.74, 6) is -6.98. The summed E-state index contributed by atoms with van der Waals surface area (Å²) < 4.78 is 38.9. The first kappa shape index (κ1) is 15.5. The zero-order valence-electron chi connectivity index (χ0n) is 10.4. The van der Waals surface area contributed by atoms with Gasteiger partial charge in [0.15, 0.2) is 17.5 Å². The van der Waals surface area contributed by atoms with Gasteiger partial charge in [0.05, 0.1) is 12.0 Å². The van der Waals surface area contributed by atoms with Crippen LogP contribution in [0.4, 0.5) is 13.2 Å². The van der Waals surface area contributed by atoms with E-state index in [-0.39, 0.29) is 12.0 Å². The number of halogens is 3. The quantitative estimate of drug-likeness (QED) is 0.785. The minimum Gasteiger partial charge on any atom is -0.481 e. The molecule has 2 atom stereocenters. The topological polar surface area (TPSA) is 57.5 Å². The molecule has 3 nitrogen and oxygen atoms in total. The van der Waals surface area contributed by atoms with Crippen LogP contribution in [-0.2, 0) is 4.79 Å². The van der Waals surface area contributed by atoms with E-state index in [1.165, 1.54) is 0 Å². The van der Waals surface area contributed by atoms with Crippen LogP contribution in [0.5, 0.6) is 0 Å². The van der Waals surface area contributed by atoms with E-state index >= 15 is 0 Å². The summed E-state index contributed by atoms with van der Waals surface area (Å²) in [5, 5.41) is 18.9. The van der Waals surface area contributed by atoms with Gasteiger partial charge >= 0.3 is 5.97 Å². The van der Waals surface area contributed by atoms with Crippen molar-refractivity contribution < 1.29 is 28.2 Å². The molecular formula is C13H15F3O3. The van der Waals surface area contributed by atoms with Gasteiger partial charge < -0.3 is 10.2 Å². The standard InChI is InChI=1S/C13H15F3O3/c1-2-3-4-8(13(18)19)12(17)7-5-9(14)11(16)10(15)6-7/h5-6,8,12,17H,2-4H2,1H3,(H,18,19). The van der Waals surface area contributed by atoms with Crippen molar-refractivity contribution in [3.8, 4) is 0 Å². The number of unbranched alkanes of at least 4 members (excludes halogenated alkanes) is 1. The van der Waals surface area contributed by atoms with Crippen LogP contribution in [0.25, 0.3) is 0 Å². The average molecular weight is 276 g/mol. The van der Waals surface area contributed by atoms with Crippen molar-refractivity contribution in [1.82, 2.24) is 0 Å². The third kappa shape index (κ3) is 3.70. The van der Waals surface area contributed by atoms with Crippen LogP contribution < -0.4 is 0 Å². The Bertz CT molecular complexity index is 439. The molecule has 2 unspecified atom stereocenters. The molecule has 106 valence electrons. The second kappa shape index (κ2) is 6.56. The smallest absolute Gasteiger partial charge is 0.309 e. The number of benzene rings is 1. The van der Waals surface area contributed by atoms with Crippen molar-refractivity contribution in [2.24, 2.45) is 5.92 Å². The first-order valence-electron chi connectivity index (χ1n) is 5.93. The molecule has 0 saturated carbocycles. The normalized spacial score (nSPS) is 14.2. The molecule has 1 aromatic carbocycles. The van der Waals surface area contributed by atoms with Gasteiger partial charge in [0.2, 0.25) is 0 Å². The number of carbonyl (C=O) groups is 1. The van der Waals surface area contributed by atoms with Crippen molar-refractivity contribution in [2.45, 2.75) is 32.3 Å². The molecule has 2 N–H and O–H groups in total. The first-order valence-corrected chi connectivity index (χ1v) is 5.93. The lowest BCUT2D eigenvalue weighted by Crippen LogP contribution is -2.22. The van der Waals surface area contributed by atoms with Gasteiger partial charge in [-0.15, -0.1) is 0 Å². The highest BCUT2D eigenvalue weighted by Crippen LogP contribution is 2.28. The predicted molar refractivity (Wildman–Crippen MR) is 61.9 cm³/mol. The monoisotopic (exact) mass is 276 g/mol. The van der Waals surface area contributed by atoms with E-state index in [0.717, 1.165) is 6.42 Å². The lowest BCUT2D eigenvalue weighted by atomic mass is 9.91. The Labute approximate surface area is 108 Å². The van der Waals surface area contributed by atoms with Gasteiger partial charge in [-0.25, -0.2) is 13.2 Å². The van der Waals surface area contributed by atoms with Crippen molar-refractivity contribution >= 4 is 5.97 Å². The fourth-order valence-electron chi connectivity index (χ4n) is 1.82. The number of aliphatic hydroxyl groups excluding tert-OH is 1. The molecule has 0 aliphatic heterocycles. The maximum absolute atomic E-state index is 13.0. The molecule has 0 aliphatic rings. The van der Waals surface area contributed by atoms with Gasteiger partial charge in [-0.2, -0.15) is 0 Å². The lowest BCUT2D eigenvalue weighted by molar-refractivity contribution is -0.146. The zero-order chi connectivity index (χ0) is 14.6. The SMILES string of the molecule is CCCCC(C(=O)O)C(O)c1cc(F)c(F)c(F)c1. The third-order valence-electron chi connectivity index (χ3n) is 2.91. The van der Waals surface area contributed by atoms with E-state index in [9.17, 15) is 23.1 Å². The Morgan fingerprint density at radius 2 is 1.79 bits per heavy atom. The molecule has 0 aliphatic carbocycles. The number of hydrogen-bond acceptors (Lipinski definition) is 2. The van der Waals surface area contributed by atoms with Gasteiger partial charge in [0.1, 0.15) is 0 Å². The van der Waals surface area contributed by atoms with Crippen LogP contribution in [0.3, 0.4) is 0 Å². The summed E-state index contributed by atoms with van der Waals surface area (Å²) in [7, 11) is 0. The zero-order valence-corrected chi connectivity index (χ0v) is 10.4. The van der Waals surface area contributed by atoms with Crippen LogP contribution in [0.2, 0.25) is 0 Å². The van der Waals surface area contributed by atoms with E-state index < -0.39 is 35.4 Å². The maximum Gasteiger partial charge on any atom is 0.309 e. The van der Waals surface area contributed by atoms with Crippen molar-refractivity contribution in [3.05, 3.63) is 35.1 Å². The predicted octanol–water partition coefficient (Wildman–Crippen LogP) is 3.03. The molecule has 0 heterocycles. The molecule has 0 fully saturated rings. The van der Waals surface area contributed by atoms with Crippen LogP contribution in [0.15, 0.2) is 12.1 Å². The highest BCUT2D eigenvalue weighted by Gasteiger charge is 2.28. The fourth-order valence-corrected chi connectivity index (χ4v) is 1.82. The Hall–Kier alpha value is -1.56. The Balaban J connectivity index is 3.02. The molecule has 0 spiro atoms. The van der Waals surface area contributed by atoms with Gasteiger partial charge in [-0.1, -0.05) is 19.8 Å². The maximum atomic E-state index is 13.0. The fraction of sp³-hybridized carbons (Fsp3) is 0.462. The van der Waals surface area contributed by atoms with Crippen molar-refractivity contribution in [1.29, 1.82) is 0 Å². The van der Waals surface area contributed by atoms with Crippen molar-refractivity contribution in [3.63, 3.8) is 0 Å². The highest BCUT2D eigenvalue weighted by molar-refractivity contribution is 5.71. The number of rotatable bonds is 6. The molecule has 1 rings (SSSR count). The van der Waals surface area contributed by atoms with Crippen LogP contribution in [-0.4, -0.2) is 16.2 Å². The first-order chi connectivity index (χ1) is 8.88. The second-order valence-corrected chi connectivity index (χ2v) is 4.33. The highest BCUT2D eigenvalue weighted by atomic mass is 19.2. The molecule has 0 saturated heterocycles. The molecule has 0 amide bonds. The van der Waals surface area contributed by atoms with Crippen molar-refractivity contribution in [2.75, 3.05) is 0 Å². The lowest BCUT2D eigenvalue weighted by Gasteiger charge is -2.19. The summed E-state index contributed by atoms with van der Waals surface area (Å²) >= 11 is 0. The Kier molecular flexibility index (Phi) is 5.35. The summed E-state index contributed by atoms with van der Waals surface area (Å²) in [4.78, 5) is 11.0. The molecule has 6 heteroatoms. The molecular weight excluding hydrogens is 261 g/mol. The summed E-state index contributed by atoms with van der Waals surface area (Å²) in [6, 6.07) is 1.23. The van der Waals surface area contributed by atoms with Gasteiger partial charge in [0, 0.05) is 0 Å². The number of aliphatic carboxylic acids is 1. The third-order valence-corrected chi connectivity index (χ3v) is 2.91. The van der Waals surface area contributed by atoms with E-state index in [0.29, 0.717) is 18.6 Å². The number of hydrogen-bond donors (Lipinski definition) is 2. The van der Waals surface area contributed by atoms with E-state index in [2.05, 4.69) is 0 Å². The molecule has 0 radical (unpaired) electrons. The molecule has 0 bridgehead atoms. The second-order valence-electron chi connectivity index (χ2n) is 4.33. The molecule has 0 aromatic heterocycles. The van der Waals surface area contributed by atoms with Crippen LogP contribution in [0.1, 0.15) is 37.9 Å². The van der Waals surface area contributed by atoms with E-state index in [1.807, 2.05) is 6.92 Å². The minimum absolute atomic E-state index is 0.174. The summed E-state index contributed by atoms with van der Waals surface area (Å²) in [6.07, 6.45) is -0.121. The van der Waals surface area contributed by atoms with E-state index in [4.69, 9.17) is 5.11 Å². The summed E-state index contributed by atoms with van der Waals surface area (Å²) in [5.41, 5.74) is -0.278. The number of carboxylic acids is 1. The molecule has 19 heavy (non-hydrogen) atoms. The average Bonchev–Trinajstić information content (AvgIpc) is 2.35. The summed E-state index contributed by atoms with van der Waals surface area (Å²) in [6.45, 7) is 1.85. The Morgan fingerprint density at radius 1 is 1.26 bits per heavy atom. The largest absolute Gasteiger partial charge is 0.481 e. The number of carboxylic acid groups (broad SMARTS) is 1. The van der Waals surface area contributed by atoms with Crippen LogP contribution in [0, 0.1) is 23.4 Å². The van der Waals surface area contributed by atoms with E-state index in [1.54, 1.807) is 0 Å². The number of aliphatic hydroxyl groups is 1. The van der Waals surface area contributed by atoms with Gasteiger partial charge in [-0.3, -0.25) is 4.79 Å². The van der Waals surface area contributed by atoms with Gasteiger partial charge in [-0.05, 0) is 24.1 Å². The minimum atomic E-state index is -1.64.